The van der Waals surface area contributed by atoms with Crippen LogP contribution in [-0.4, -0.2) is 59.5 Å². The summed E-state index contributed by atoms with van der Waals surface area (Å²) in [5.41, 5.74) is 1.56. The molecular formula is C24H25F3N8O2. The Balaban J connectivity index is 1.19. The molecule has 4 aromatic heterocycles. The van der Waals surface area contributed by atoms with Crippen LogP contribution in [0.5, 0.6) is 5.88 Å². The lowest BCUT2D eigenvalue weighted by Crippen LogP contribution is -2.39. The zero-order valence-corrected chi connectivity index (χ0v) is 20.0. The molecule has 0 spiro atoms. The maximum atomic E-state index is 13.4. The Morgan fingerprint density at radius 3 is 2.76 bits per heavy atom. The van der Waals surface area contributed by atoms with Crippen LogP contribution in [-0.2, 0) is 18.0 Å². The summed E-state index contributed by atoms with van der Waals surface area (Å²) in [5.74, 6) is 0.619. The van der Waals surface area contributed by atoms with Crippen LogP contribution in [0.1, 0.15) is 43.0 Å². The number of rotatable bonds is 6. The van der Waals surface area contributed by atoms with Crippen molar-refractivity contribution in [2.24, 2.45) is 7.05 Å². The summed E-state index contributed by atoms with van der Waals surface area (Å²) in [5, 5.41) is 12.1. The van der Waals surface area contributed by atoms with Gasteiger partial charge in [-0.1, -0.05) is 6.42 Å². The molecule has 0 amide bonds. The number of alkyl halides is 3. The molecule has 1 saturated heterocycles. The highest BCUT2D eigenvalue weighted by Crippen LogP contribution is 2.37. The number of hydrogen-bond donors (Lipinski definition) is 1. The van der Waals surface area contributed by atoms with Crippen molar-refractivity contribution in [3.8, 4) is 17.1 Å². The molecule has 0 bridgehead atoms. The third kappa shape index (κ3) is 4.82. The van der Waals surface area contributed by atoms with Gasteiger partial charge >= 0.3 is 6.18 Å². The minimum atomic E-state index is -4.61. The molecule has 6 rings (SSSR count). The number of aryl methyl sites for hydroxylation is 1. The second-order valence-electron chi connectivity index (χ2n) is 9.52. The van der Waals surface area contributed by atoms with Crippen molar-refractivity contribution >= 4 is 11.6 Å². The molecule has 2 aliphatic rings. The van der Waals surface area contributed by atoms with Crippen molar-refractivity contribution in [1.29, 1.82) is 0 Å². The van der Waals surface area contributed by atoms with Gasteiger partial charge in [0, 0.05) is 43.2 Å². The molecule has 0 unspecified atom stereocenters. The normalized spacial score (nSPS) is 20.6. The van der Waals surface area contributed by atoms with Crippen LogP contribution in [0.15, 0.2) is 37.1 Å². The fourth-order valence-electron chi connectivity index (χ4n) is 4.81. The Morgan fingerprint density at radius 2 is 2.03 bits per heavy atom. The van der Waals surface area contributed by atoms with Gasteiger partial charge in [-0.3, -0.25) is 4.40 Å². The number of nitrogens with zero attached hydrogens (tertiary/aromatic N) is 7. The van der Waals surface area contributed by atoms with Crippen molar-refractivity contribution in [2.45, 2.75) is 49.9 Å². The highest BCUT2D eigenvalue weighted by Gasteiger charge is 2.38. The van der Waals surface area contributed by atoms with Crippen molar-refractivity contribution in [2.75, 3.05) is 18.5 Å². The van der Waals surface area contributed by atoms with Gasteiger partial charge in [0.2, 0.25) is 11.8 Å². The average Bonchev–Trinajstić information content (AvgIpc) is 3.47. The van der Waals surface area contributed by atoms with Gasteiger partial charge in [0.15, 0.2) is 5.65 Å². The van der Waals surface area contributed by atoms with E-state index in [2.05, 4.69) is 30.5 Å². The largest absolute Gasteiger partial charge is 0.469 e. The van der Waals surface area contributed by atoms with Crippen LogP contribution < -0.4 is 10.1 Å². The third-order valence-corrected chi connectivity index (χ3v) is 6.75. The summed E-state index contributed by atoms with van der Waals surface area (Å²) in [6.45, 7) is 0.480. The molecule has 4 aromatic rings. The van der Waals surface area contributed by atoms with Crippen molar-refractivity contribution < 1.29 is 22.6 Å². The predicted molar refractivity (Wildman–Crippen MR) is 126 cm³/mol. The minimum absolute atomic E-state index is 0.0319. The van der Waals surface area contributed by atoms with E-state index < -0.39 is 23.7 Å². The smallest absolute Gasteiger partial charge is 0.423 e. The van der Waals surface area contributed by atoms with E-state index in [0.717, 1.165) is 54.6 Å². The molecule has 1 N–H and O–H groups in total. The second kappa shape index (κ2) is 9.29. The standard InChI is InChI=1S/C24H25F3N8O2/c1-34-10-19(29-13-34)14-5-6-35-20(8-14)32-33-21(35)15-3-2-4-16(7-15)30-23-28-9-18(24(25,26)27)22(31-23)37-17-11-36-12-17/h5-6,8-10,13,15-17H,2-4,7,11-12H2,1H3,(H,28,30,31)/t15-,16+/m0/s1. The number of ether oxygens (including phenoxy) is 2. The fourth-order valence-corrected chi connectivity index (χ4v) is 4.81. The van der Waals surface area contributed by atoms with E-state index in [1.165, 1.54) is 0 Å². The van der Waals surface area contributed by atoms with Crippen molar-refractivity contribution in [3.05, 3.63) is 48.4 Å². The highest BCUT2D eigenvalue weighted by molar-refractivity contribution is 5.63. The van der Waals surface area contributed by atoms with E-state index >= 15 is 0 Å². The van der Waals surface area contributed by atoms with E-state index in [0.29, 0.717) is 0 Å². The maximum Gasteiger partial charge on any atom is 0.423 e. The van der Waals surface area contributed by atoms with Crippen LogP contribution >= 0.6 is 0 Å². The first-order valence-corrected chi connectivity index (χ1v) is 12.1. The SMILES string of the molecule is Cn1cnc(-c2ccn3c([C@H]4CCC[C@@H](Nc5ncc(C(F)(F)F)c(OC6COC6)n5)C4)nnc3c2)c1. The van der Waals surface area contributed by atoms with E-state index in [1.54, 1.807) is 6.33 Å². The highest BCUT2D eigenvalue weighted by atomic mass is 19.4. The first-order chi connectivity index (χ1) is 17.8. The van der Waals surface area contributed by atoms with Gasteiger partial charge in [0.05, 0.1) is 25.2 Å². The van der Waals surface area contributed by atoms with Crippen molar-refractivity contribution in [3.63, 3.8) is 0 Å². The van der Waals surface area contributed by atoms with Gasteiger partial charge < -0.3 is 19.4 Å². The molecule has 194 valence electrons. The zero-order chi connectivity index (χ0) is 25.6. The number of imidazole rings is 1. The van der Waals surface area contributed by atoms with E-state index in [4.69, 9.17) is 9.47 Å². The molecule has 0 aromatic carbocycles. The van der Waals surface area contributed by atoms with Crippen LogP contribution in [0, 0.1) is 0 Å². The number of nitrogens with one attached hydrogen (secondary N) is 1. The molecule has 10 nitrogen and oxygen atoms in total. The van der Waals surface area contributed by atoms with Gasteiger partial charge in [-0.15, -0.1) is 10.2 Å². The summed E-state index contributed by atoms with van der Waals surface area (Å²) in [6, 6.07) is 3.92. The first-order valence-electron chi connectivity index (χ1n) is 12.1. The van der Waals surface area contributed by atoms with Gasteiger partial charge in [0.25, 0.3) is 0 Å². The number of fused-ring (bicyclic) bond motifs is 1. The zero-order valence-electron chi connectivity index (χ0n) is 20.0. The van der Waals surface area contributed by atoms with Crippen LogP contribution in [0.25, 0.3) is 16.9 Å². The van der Waals surface area contributed by atoms with Crippen molar-refractivity contribution in [1.82, 2.24) is 34.1 Å². The van der Waals surface area contributed by atoms with Gasteiger partial charge in [-0.25, -0.2) is 9.97 Å². The van der Waals surface area contributed by atoms with Gasteiger partial charge in [0.1, 0.15) is 17.5 Å². The summed E-state index contributed by atoms with van der Waals surface area (Å²) >= 11 is 0. The lowest BCUT2D eigenvalue weighted by atomic mass is 9.85. The Bertz CT molecular complexity index is 1410. The lowest BCUT2D eigenvalue weighted by molar-refractivity contribution is -0.142. The molecule has 1 saturated carbocycles. The molecule has 2 fully saturated rings. The van der Waals surface area contributed by atoms with Crippen LogP contribution in [0.3, 0.4) is 0 Å². The molecule has 5 heterocycles. The number of pyridine rings is 1. The monoisotopic (exact) mass is 514 g/mol. The van der Waals surface area contributed by atoms with Crippen LogP contribution in [0.4, 0.5) is 19.1 Å². The molecule has 37 heavy (non-hydrogen) atoms. The van der Waals surface area contributed by atoms with Gasteiger partial charge in [-0.2, -0.15) is 18.2 Å². The molecule has 0 radical (unpaired) electrons. The minimum Gasteiger partial charge on any atom is -0.469 e. The third-order valence-electron chi connectivity index (χ3n) is 6.75. The second-order valence-corrected chi connectivity index (χ2v) is 9.52. The summed E-state index contributed by atoms with van der Waals surface area (Å²) < 4.78 is 54.6. The maximum absolute atomic E-state index is 13.4. The quantitative estimate of drug-likeness (QED) is 0.414. The average molecular weight is 515 g/mol. The fraction of sp³-hybridized carbons (Fsp3) is 0.458. The number of hydrogen-bond acceptors (Lipinski definition) is 8. The predicted octanol–water partition coefficient (Wildman–Crippen LogP) is 3.85. The molecular weight excluding hydrogens is 489 g/mol. The van der Waals surface area contributed by atoms with Crippen LogP contribution in [0.2, 0.25) is 0 Å². The number of aromatic nitrogens is 7. The summed E-state index contributed by atoms with van der Waals surface area (Å²) in [4.78, 5) is 12.4. The Labute approximate surface area is 209 Å². The first kappa shape index (κ1) is 23.6. The summed E-state index contributed by atoms with van der Waals surface area (Å²) in [7, 11) is 1.92. The molecule has 13 heteroatoms. The number of halogens is 3. The Hall–Kier alpha value is -3.74. The van der Waals surface area contributed by atoms with E-state index in [9.17, 15) is 13.2 Å². The lowest BCUT2D eigenvalue weighted by Gasteiger charge is -2.29. The van der Waals surface area contributed by atoms with E-state index in [1.807, 2.05) is 40.5 Å². The van der Waals surface area contributed by atoms with Gasteiger partial charge in [-0.05, 0) is 31.4 Å². The number of anilines is 1. The molecule has 2 atom stereocenters. The Kier molecular flexibility index (Phi) is 5.94. The molecule has 1 aliphatic heterocycles. The van der Waals surface area contributed by atoms with E-state index in [-0.39, 0.29) is 31.1 Å². The summed E-state index contributed by atoms with van der Waals surface area (Å²) in [6.07, 6.45) is 4.79. The molecule has 1 aliphatic carbocycles. The Morgan fingerprint density at radius 1 is 1.16 bits per heavy atom. The topological polar surface area (TPSA) is 104 Å².